The molecule has 0 unspecified atom stereocenters. The Bertz CT molecular complexity index is 1290. The van der Waals surface area contributed by atoms with Crippen molar-refractivity contribution in [2.24, 2.45) is 0 Å². The normalized spacial score (nSPS) is 14.7. The lowest BCUT2D eigenvalue weighted by atomic mass is 10.0. The average Bonchev–Trinajstić information content (AvgIpc) is 2.87. The number of imide groups is 2. The summed E-state index contributed by atoms with van der Waals surface area (Å²) in [5, 5.41) is 2.26. The highest BCUT2D eigenvalue weighted by atomic mass is 16.5. The van der Waals surface area contributed by atoms with Crippen molar-refractivity contribution in [2.75, 3.05) is 4.90 Å². The molecule has 6 heteroatoms. The second-order valence-electron chi connectivity index (χ2n) is 8.11. The van der Waals surface area contributed by atoms with E-state index in [0.717, 1.165) is 28.0 Å². The molecule has 35 heavy (non-hydrogen) atoms. The van der Waals surface area contributed by atoms with Crippen molar-refractivity contribution in [1.29, 1.82) is 0 Å². The van der Waals surface area contributed by atoms with Crippen LogP contribution >= 0.6 is 0 Å². The fourth-order valence-electron chi connectivity index (χ4n) is 3.82. The van der Waals surface area contributed by atoms with Gasteiger partial charge in [-0.1, -0.05) is 61.5 Å². The summed E-state index contributed by atoms with van der Waals surface area (Å²) in [5.41, 5.74) is 3.92. The molecule has 0 radical (unpaired) electrons. The summed E-state index contributed by atoms with van der Waals surface area (Å²) in [7, 11) is 0. The maximum Gasteiger partial charge on any atom is 0.335 e. The van der Waals surface area contributed by atoms with E-state index in [1.165, 1.54) is 6.08 Å². The van der Waals surface area contributed by atoms with Crippen LogP contribution in [0.1, 0.15) is 29.2 Å². The fraction of sp³-hybridized carbons (Fsp3) is 0.138. The molecule has 0 spiro atoms. The molecule has 1 aliphatic heterocycles. The quantitative estimate of drug-likeness (QED) is 0.280. The van der Waals surface area contributed by atoms with Crippen LogP contribution in [0.3, 0.4) is 0 Å². The number of carbonyl (C=O) groups excluding carboxylic acids is 3. The first kappa shape index (κ1) is 23.7. The highest BCUT2D eigenvalue weighted by Crippen LogP contribution is 2.26. The molecule has 1 aliphatic rings. The smallest absolute Gasteiger partial charge is 0.335 e. The van der Waals surface area contributed by atoms with Gasteiger partial charge in [0.2, 0.25) is 0 Å². The van der Waals surface area contributed by atoms with Crippen LogP contribution < -0.4 is 15.0 Å². The third-order valence-corrected chi connectivity index (χ3v) is 5.70. The van der Waals surface area contributed by atoms with Gasteiger partial charge >= 0.3 is 6.03 Å². The Hall–Kier alpha value is -4.45. The van der Waals surface area contributed by atoms with Gasteiger partial charge in [0.1, 0.15) is 17.9 Å². The lowest BCUT2D eigenvalue weighted by molar-refractivity contribution is -0.122. The Kier molecular flexibility index (Phi) is 7.21. The minimum atomic E-state index is -0.765. The third kappa shape index (κ3) is 5.38. The summed E-state index contributed by atoms with van der Waals surface area (Å²) >= 11 is 0. The number of allylic oxidation sites excluding steroid dienone is 1. The zero-order valence-electron chi connectivity index (χ0n) is 19.5. The van der Waals surface area contributed by atoms with E-state index in [9.17, 15) is 14.4 Å². The zero-order chi connectivity index (χ0) is 24.8. The molecule has 4 rings (SSSR count). The van der Waals surface area contributed by atoms with Gasteiger partial charge < -0.3 is 4.74 Å². The van der Waals surface area contributed by atoms with Gasteiger partial charge in [0.25, 0.3) is 11.8 Å². The van der Waals surface area contributed by atoms with Gasteiger partial charge in [-0.2, -0.15) is 0 Å². The van der Waals surface area contributed by atoms with E-state index in [-0.39, 0.29) is 5.57 Å². The van der Waals surface area contributed by atoms with Gasteiger partial charge in [0, 0.05) is 0 Å². The number of carbonyl (C=O) groups is 3. The number of anilines is 1. The van der Waals surface area contributed by atoms with Gasteiger partial charge in [-0.15, -0.1) is 6.58 Å². The molecule has 1 heterocycles. The molecule has 0 aliphatic carbocycles. The maximum atomic E-state index is 13.2. The Morgan fingerprint density at radius 1 is 0.943 bits per heavy atom. The van der Waals surface area contributed by atoms with Gasteiger partial charge in [-0.3, -0.25) is 14.9 Å². The van der Waals surface area contributed by atoms with E-state index in [0.29, 0.717) is 30.0 Å². The van der Waals surface area contributed by atoms with Crippen LogP contribution in [0.15, 0.2) is 91.0 Å². The zero-order valence-corrected chi connectivity index (χ0v) is 19.5. The standard InChI is InChI=1S/C29H26N2O4/c1-3-8-23-17-22(13-16-26(23)35-19-21-9-6-5-7-10-21)18-25-27(32)30-29(34)31(28(25)33)24-14-11-20(4-2)12-15-24/h3,5-7,9-18H,1,4,8,19H2,2H3,(H,30,32,34)/b25-18-. The predicted octanol–water partition coefficient (Wildman–Crippen LogP) is 5.22. The highest BCUT2D eigenvalue weighted by molar-refractivity contribution is 6.39. The summed E-state index contributed by atoms with van der Waals surface area (Å²) < 4.78 is 6.00. The van der Waals surface area contributed by atoms with E-state index in [2.05, 4.69) is 11.9 Å². The summed E-state index contributed by atoms with van der Waals surface area (Å²) in [5.74, 6) is -0.697. The molecule has 3 aromatic rings. The van der Waals surface area contributed by atoms with Gasteiger partial charge in [-0.25, -0.2) is 9.69 Å². The van der Waals surface area contributed by atoms with Crippen LogP contribution in [-0.4, -0.2) is 17.8 Å². The van der Waals surface area contributed by atoms with E-state index in [1.54, 1.807) is 24.3 Å². The van der Waals surface area contributed by atoms with Crippen LogP contribution in [0.5, 0.6) is 5.75 Å². The van der Waals surface area contributed by atoms with Crippen molar-refractivity contribution in [3.05, 3.63) is 113 Å². The molecular weight excluding hydrogens is 440 g/mol. The second kappa shape index (κ2) is 10.7. The predicted molar refractivity (Wildman–Crippen MR) is 136 cm³/mol. The Balaban J connectivity index is 1.61. The molecule has 3 aromatic carbocycles. The molecule has 176 valence electrons. The van der Waals surface area contributed by atoms with Crippen LogP contribution in [0.2, 0.25) is 0 Å². The Morgan fingerprint density at radius 3 is 2.37 bits per heavy atom. The maximum absolute atomic E-state index is 13.2. The number of hydrogen-bond acceptors (Lipinski definition) is 4. The lowest BCUT2D eigenvalue weighted by Gasteiger charge is -2.26. The SMILES string of the molecule is C=CCc1cc(/C=C2/C(=O)NC(=O)N(c3ccc(CC)cc3)C2=O)ccc1OCc1ccccc1. The largest absolute Gasteiger partial charge is 0.489 e. The van der Waals surface area contributed by atoms with E-state index in [4.69, 9.17) is 4.74 Å². The minimum absolute atomic E-state index is 0.119. The number of benzene rings is 3. The number of nitrogens with one attached hydrogen (secondary N) is 1. The average molecular weight is 467 g/mol. The number of aryl methyl sites for hydroxylation is 1. The number of amides is 4. The summed E-state index contributed by atoms with van der Waals surface area (Å²) in [6.45, 7) is 6.25. The number of nitrogens with zero attached hydrogens (tertiary/aromatic N) is 1. The first-order chi connectivity index (χ1) is 17.0. The number of rotatable bonds is 8. The molecule has 1 saturated heterocycles. The van der Waals surface area contributed by atoms with Gasteiger partial charge in [0.05, 0.1) is 5.69 Å². The number of urea groups is 1. The van der Waals surface area contributed by atoms with E-state index >= 15 is 0 Å². The molecule has 0 saturated carbocycles. The number of hydrogen-bond donors (Lipinski definition) is 1. The monoisotopic (exact) mass is 466 g/mol. The van der Waals surface area contributed by atoms with Crippen LogP contribution in [-0.2, 0) is 29.0 Å². The Labute approximate surface area is 204 Å². The topological polar surface area (TPSA) is 75.7 Å². The summed E-state index contributed by atoms with van der Waals surface area (Å²) in [6, 6.07) is 21.6. The van der Waals surface area contributed by atoms with Gasteiger partial charge in [0.15, 0.2) is 0 Å². The minimum Gasteiger partial charge on any atom is -0.489 e. The summed E-state index contributed by atoms with van der Waals surface area (Å²) in [4.78, 5) is 39.2. The first-order valence-electron chi connectivity index (χ1n) is 11.4. The fourth-order valence-corrected chi connectivity index (χ4v) is 3.82. The molecule has 0 aromatic heterocycles. The van der Waals surface area contributed by atoms with Crippen molar-refractivity contribution in [1.82, 2.24) is 5.32 Å². The Morgan fingerprint density at radius 2 is 1.69 bits per heavy atom. The van der Waals surface area contributed by atoms with Gasteiger partial charge in [-0.05, 0) is 65.4 Å². The molecule has 0 bridgehead atoms. The van der Waals surface area contributed by atoms with E-state index in [1.807, 2.05) is 61.5 Å². The van der Waals surface area contributed by atoms with Crippen molar-refractivity contribution in [3.63, 3.8) is 0 Å². The molecular formula is C29H26N2O4. The van der Waals surface area contributed by atoms with Crippen molar-refractivity contribution < 1.29 is 19.1 Å². The highest BCUT2D eigenvalue weighted by Gasteiger charge is 2.36. The molecule has 1 N–H and O–H groups in total. The van der Waals surface area contributed by atoms with Crippen molar-refractivity contribution in [2.45, 2.75) is 26.4 Å². The number of ether oxygens (including phenoxy) is 1. The van der Waals surface area contributed by atoms with Crippen LogP contribution in [0.4, 0.5) is 10.5 Å². The first-order valence-corrected chi connectivity index (χ1v) is 11.4. The van der Waals surface area contributed by atoms with Crippen LogP contribution in [0.25, 0.3) is 6.08 Å². The third-order valence-electron chi connectivity index (χ3n) is 5.70. The molecule has 6 nitrogen and oxygen atoms in total. The lowest BCUT2D eigenvalue weighted by Crippen LogP contribution is -2.54. The number of barbiturate groups is 1. The molecule has 1 fully saturated rings. The van der Waals surface area contributed by atoms with E-state index < -0.39 is 17.8 Å². The summed E-state index contributed by atoms with van der Waals surface area (Å²) in [6.07, 6.45) is 4.64. The van der Waals surface area contributed by atoms with Crippen molar-refractivity contribution >= 4 is 29.6 Å². The second-order valence-corrected chi connectivity index (χ2v) is 8.11. The molecule has 0 atom stereocenters. The van der Waals surface area contributed by atoms with Crippen molar-refractivity contribution in [3.8, 4) is 5.75 Å². The van der Waals surface area contributed by atoms with Crippen LogP contribution in [0, 0.1) is 0 Å². The molecule has 4 amide bonds.